The molecule has 1 fully saturated rings. The molecule has 1 heterocycles. The maximum Gasteiger partial charge on any atom is 0.271 e. The Hall–Kier alpha value is -4.62. The van der Waals surface area contributed by atoms with Gasteiger partial charge >= 0.3 is 0 Å². The molecule has 1 aliphatic heterocycles. The van der Waals surface area contributed by atoms with Crippen molar-refractivity contribution in [2.24, 2.45) is 4.99 Å². The molecule has 4 aromatic carbocycles. The number of ether oxygens (including phenoxy) is 1. The molecule has 0 aliphatic carbocycles. The third-order valence-electron chi connectivity index (χ3n) is 6.88. The number of hydrogen-bond donors (Lipinski definition) is 1. The van der Waals surface area contributed by atoms with Crippen LogP contribution >= 0.6 is 11.8 Å². The molecule has 0 radical (unpaired) electrons. The van der Waals surface area contributed by atoms with E-state index in [4.69, 9.17) is 9.73 Å². The second kappa shape index (κ2) is 13.4. The molecule has 6 nitrogen and oxygen atoms in total. The third-order valence-corrected chi connectivity index (χ3v) is 7.85. The van der Waals surface area contributed by atoms with E-state index in [1.165, 1.54) is 22.9 Å². The zero-order valence-corrected chi connectivity index (χ0v) is 24.8. The number of carbonyl (C=O) groups excluding carboxylic acids is 2. The lowest BCUT2D eigenvalue weighted by Gasteiger charge is -2.16. The number of amidine groups is 1. The van der Waals surface area contributed by atoms with Crippen molar-refractivity contribution in [3.63, 3.8) is 0 Å². The monoisotopic (exact) mass is 575 g/mol. The van der Waals surface area contributed by atoms with E-state index in [-0.39, 0.29) is 18.4 Å². The van der Waals surface area contributed by atoms with Gasteiger partial charge in [0.05, 0.1) is 16.3 Å². The van der Waals surface area contributed by atoms with Crippen LogP contribution < -0.4 is 15.0 Å². The zero-order chi connectivity index (χ0) is 29.5. The van der Waals surface area contributed by atoms with Gasteiger partial charge in [0, 0.05) is 11.3 Å². The Morgan fingerprint density at radius 3 is 2.19 bits per heavy atom. The van der Waals surface area contributed by atoms with Gasteiger partial charge in [-0.1, -0.05) is 74.0 Å². The van der Waals surface area contributed by atoms with E-state index >= 15 is 0 Å². The first kappa shape index (κ1) is 28.9. The molecule has 2 amide bonds. The fraction of sp³-hybridized carbons (Fsp3) is 0.171. The van der Waals surface area contributed by atoms with Gasteiger partial charge in [0.15, 0.2) is 11.8 Å². The number of benzene rings is 4. The predicted octanol–water partition coefficient (Wildman–Crippen LogP) is 7.95. The Labute approximate surface area is 251 Å². The lowest BCUT2D eigenvalue weighted by Crippen LogP contribution is -2.28. The number of thioether (sulfide) groups is 1. The van der Waals surface area contributed by atoms with E-state index in [2.05, 4.69) is 31.3 Å². The van der Waals surface area contributed by atoms with Crippen LogP contribution in [0.25, 0.3) is 6.08 Å². The molecule has 1 saturated heterocycles. The molecule has 0 atom stereocenters. The summed E-state index contributed by atoms with van der Waals surface area (Å²) in [6.07, 6.45) is 3.66. The van der Waals surface area contributed by atoms with Crippen LogP contribution in [0, 0.1) is 6.92 Å². The van der Waals surface area contributed by atoms with Crippen LogP contribution in [0.1, 0.15) is 36.1 Å². The number of nitrogens with one attached hydrogen (secondary N) is 1. The summed E-state index contributed by atoms with van der Waals surface area (Å²) in [7, 11) is 0. The van der Waals surface area contributed by atoms with Gasteiger partial charge in [-0.3, -0.25) is 14.5 Å². The van der Waals surface area contributed by atoms with E-state index in [0.717, 1.165) is 29.8 Å². The average Bonchev–Trinajstić information content (AvgIpc) is 3.32. The molecule has 0 spiro atoms. The molecule has 1 N–H and O–H groups in total. The molecule has 7 heteroatoms. The molecular weight excluding hydrogens is 542 g/mol. The van der Waals surface area contributed by atoms with Crippen molar-refractivity contribution in [3.8, 4) is 5.75 Å². The van der Waals surface area contributed by atoms with E-state index in [9.17, 15) is 9.59 Å². The summed E-state index contributed by atoms with van der Waals surface area (Å²) in [5, 5.41) is 3.43. The minimum absolute atomic E-state index is 0.161. The van der Waals surface area contributed by atoms with Crippen LogP contribution in [0.15, 0.2) is 107 Å². The van der Waals surface area contributed by atoms with E-state index in [1.807, 2.05) is 85.8 Å². The number of amides is 2. The quantitative estimate of drug-likeness (QED) is 0.206. The highest BCUT2D eigenvalue weighted by Gasteiger charge is 2.35. The van der Waals surface area contributed by atoms with Crippen molar-refractivity contribution in [1.29, 1.82) is 0 Å². The minimum Gasteiger partial charge on any atom is -0.483 e. The number of aryl methyl sites for hydroxylation is 3. The lowest BCUT2D eigenvalue weighted by molar-refractivity contribution is -0.118. The topological polar surface area (TPSA) is 71.0 Å². The van der Waals surface area contributed by atoms with Crippen molar-refractivity contribution < 1.29 is 14.3 Å². The summed E-state index contributed by atoms with van der Waals surface area (Å²) < 4.78 is 5.90. The number of carbonyl (C=O) groups is 2. The van der Waals surface area contributed by atoms with Crippen LogP contribution in [0.3, 0.4) is 0 Å². The molecule has 0 unspecified atom stereocenters. The van der Waals surface area contributed by atoms with Crippen LogP contribution in [-0.4, -0.2) is 23.6 Å². The maximum atomic E-state index is 13.8. The van der Waals surface area contributed by atoms with Gasteiger partial charge in [-0.15, -0.1) is 0 Å². The Bertz CT molecular complexity index is 1630. The molecule has 5 rings (SSSR count). The van der Waals surface area contributed by atoms with Crippen LogP contribution in [0.5, 0.6) is 5.75 Å². The highest BCUT2D eigenvalue weighted by molar-refractivity contribution is 8.19. The summed E-state index contributed by atoms with van der Waals surface area (Å²) in [6, 6.07) is 31.0. The second-order valence-corrected chi connectivity index (χ2v) is 10.9. The highest BCUT2D eigenvalue weighted by Crippen LogP contribution is 2.38. The predicted molar refractivity (Wildman–Crippen MR) is 174 cm³/mol. The van der Waals surface area contributed by atoms with Crippen LogP contribution in [0.4, 0.5) is 17.1 Å². The summed E-state index contributed by atoms with van der Waals surface area (Å²) in [4.78, 5) is 33.4. The summed E-state index contributed by atoms with van der Waals surface area (Å²) in [5.41, 5.74) is 6.49. The first-order chi connectivity index (χ1) is 20.4. The van der Waals surface area contributed by atoms with Gasteiger partial charge in [-0.05, 0) is 91.2 Å². The van der Waals surface area contributed by atoms with E-state index in [1.54, 1.807) is 17.0 Å². The largest absolute Gasteiger partial charge is 0.483 e. The van der Waals surface area contributed by atoms with Gasteiger partial charge in [-0.25, -0.2) is 4.99 Å². The average molecular weight is 576 g/mol. The Kier molecular flexibility index (Phi) is 9.19. The Balaban J connectivity index is 1.40. The summed E-state index contributed by atoms with van der Waals surface area (Å²) in [6.45, 7) is 6.05. The van der Waals surface area contributed by atoms with Crippen LogP contribution in [-0.2, 0) is 22.4 Å². The van der Waals surface area contributed by atoms with Gasteiger partial charge in [0.25, 0.3) is 11.8 Å². The number of aliphatic imine (C=N–C) groups is 1. The molecular formula is C35H33N3O3S. The fourth-order valence-electron chi connectivity index (χ4n) is 4.42. The van der Waals surface area contributed by atoms with Crippen molar-refractivity contribution in [1.82, 2.24) is 0 Å². The second-order valence-electron chi connectivity index (χ2n) is 9.93. The molecule has 212 valence electrons. The standard InChI is InChI=1S/C35H33N3O3S/c1-4-25-12-18-29(19-13-25)37-35-38(30-20-14-26(5-2)15-21-30)34(40)32(42-35)22-27-8-6-7-9-31(27)41-23-33(39)36-28-16-10-24(3)11-17-28/h6-22H,4-5,23H2,1-3H3,(H,36,39)/b32-22-,37-35?. The molecule has 42 heavy (non-hydrogen) atoms. The third kappa shape index (κ3) is 6.98. The van der Waals surface area contributed by atoms with Crippen molar-refractivity contribution in [2.75, 3.05) is 16.8 Å². The molecule has 1 aliphatic rings. The van der Waals surface area contributed by atoms with Crippen LogP contribution in [0.2, 0.25) is 0 Å². The highest BCUT2D eigenvalue weighted by atomic mass is 32.2. The summed E-state index contributed by atoms with van der Waals surface area (Å²) >= 11 is 1.32. The van der Waals surface area contributed by atoms with Crippen molar-refractivity contribution in [3.05, 3.63) is 124 Å². The van der Waals surface area contributed by atoms with Crippen molar-refractivity contribution >= 4 is 51.9 Å². The molecule has 0 aromatic heterocycles. The number of rotatable bonds is 9. The Morgan fingerprint density at radius 2 is 1.52 bits per heavy atom. The first-order valence-electron chi connectivity index (χ1n) is 14.0. The SMILES string of the molecule is CCc1ccc(N=C2S/C(=C\c3ccccc3OCC(=O)Nc3ccc(C)cc3)C(=O)N2c2ccc(CC)cc2)cc1. The van der Waals surface area contributed by atoms with Gasteiger partial charge in [0.1, 0.15) is 5.75 Å². The molecule has 0 saturated carbocycles. The van der Waals surface area contributed by atoms with Gasteiger partial charge < -0.3 is 10.1 Å². The smallest absolute Gasteiger partial charge is 0.271 e. The number of hydrogen-bond acceptors (Lipinski definition) is 5. The van der Waals surface area contributed by atoms with Gasteiger partial charge in [-0.2, -0.15) is 0 Å². The fourth-order valence-corrected chi connectivity index (χ4v) is 5.42. The normalized spacial score (nSPS) is 14.9. The number of nitrogens with zero attached hydrogens (tertiary/aromatic N) is 2. The lowest BCUT2D eigenvalue weighted by atomic mass is 10.1. The van der Waals surface area contributed by atoms with Gasteiger partial charge in [0.2, 0.25) is 0 Å². The minimum atomic E-state index is -0.266. The maximum absolute atomic E-state index is 13.8. The first-order valence-corrected chi connectivity index (χ1v) is 14.8. The Morgan fingerprint density at radius 1 is 0.881 bits per heavy atom. The number of para-hydroxylation sites is 1. The zero-order valence-electron chi connectivity index (χ0n) is 24.0. The molecule has 0 bridgehead atoms. The van der Waals surface area contributed by atoms with E-state index in [0.29, 0.717) is 27.1 Å². The van der Waals surface area contributed by atoms with Crippen molar-refractivity contribution in [2.45, 2.75) is 33.6 Å². The molecule has 4 aromatic rings. The summed E-state index contributed by atoms with van der Waals surface area (Å²) in [5.74, 6) is 0.0785. The van der Waals surface area contributed by atoms with E-state index < -0.39 is 0 Å². The number of anilines is 2.